The summed E-state index contributed by atoms with van der Waals surface area (Å²) in [5.41, 5.74) is 5.13. The molecule has 154 valence electrons. The van der Waals surface area contributed by atoms with Crippen molar-refractivity contribution in [1.29, 1.82) is 0 Å². The number of rotatable bonds is 5. The Labute approximate surface area is 171 Å². The fraction of sp³-hybridized carbons (Fsp3) is 0.524. The van der Waals surface area contributed by atoms with Crippen LogP contribution < -0.4 is 4.90 Å². The molecule has 4 heterocycles. The van der Waals surface area contributed by atoms with Gasteiger partial charge in [0.05, 0.1) is 22.6 Å². The van der Waals surface area contributed by atoms with E-state index in [9.17, 15) is 0 Å². The SMILES string of the molecule is Cc1noc(C)c1-c1cnc(N(C)C)nc1[C@H]1CCCN(Cc2ccn(C)n2)C1. The Bertz CT molecular complexity index is 971. The monoisotopic (exact) mass is 395 g/mol. The van der Waals surface area contributed by atoms with Crippen molar-refractivity contribution in [3.05, 3.63) is 41.3 Å². The average molecular weight is 396 g/mol. The number of nitrogens with zero attached hydrogens (tertiary/aromatic N) is 7. The standard InChI is InChI=1S/C21H29N7O/c1-14-19(15(2)29-25-14)18-11-22-21(26(3)4)23-20(18)16-7-6-9-28(12-16)13-17-8-10-27(5)24-17/h8,10-11,16H,6-7,9,12-13H2,1-5H3/t16-/m0/s1. The van der Waals surface area contributed by atoms with E-state index < -0.39 is 0 Å². The summed E-state index contributed by atoms with van der Waals surface area (Å²) in [6.07, 6.45) is 6.18. The van der Waals surface area contributed by atoms with Gasteiger partial charge in [-0.15, -0.1) is 0 Å². The molecule has 0 saturated carbocycles. The van der Waals surface area contributed by atoms with Crippen LogP contribution in [0.3, 0.4) is 0 Å². The minimum atomic E-state index is 0.331. The first kappa shape index (κ1) is 19.6. The molecule has 3 aromatic heterocycles. The summed E-state index contributed by atoms with van der Waals surface area (Å²) in [5.74, 6) is 1.88. The predicted octanol–water partition coefficient (Wildman–Crippen LogP) is 2.93. The Morgan fingerprint density at radius 1 is 1.28 bits per heavy atom. The first-order valence-corrected chi connectivity index (χ1v) is 10.1. The maximum Gasteiger partial charge on any atom is 0.225 e. The zero-order chi connectivity index (χ0) is 20.5. The summed E-state index contributed by atoms with van der Waals surface area (Å²) in [6.45, 7) is 6.83. The second-order valence-electron chi connectivity index (χ2n) is 8.12. The minimum absolute atomic E-state index is 0.331. The molecule has 1 fully saturated rings. The third kappa shape index (κ3) is 4.03. The number of anilines is 1. The summed E-state index contributed by atoms with van der Waals surface area (Å²) >= 11 is 0. The van der Waals surface area contributed by atoms with Crippen LogP contribution in [0.1, 0.15) is 41.6 Å². The van der Waals surface area contributed by atoms with E-state index in [0.717, 1.165) is 72.4 Å². The van der Waals surface area contributed by atoms with Gasteiger partial charge in [0.15, 0.2) is 0 Å². The molecule has 0 N–H and O–H groups in total. The highest BCUT2D eigenvalue weighted by Gasteiger charge is 2.28. The summed E-state index contributed by atoms with van der Waals surface area (Å²) in [5, 5.41) is 8.69. The van der Waals surface area contributed by atoms with Gasteiger partial charge >= 0.3 is 0 Å². The van der Waals surface area contributed by atoms with E-state index in [1.165, 1.54) is 0 Å². The van der Waals surface area contributed by atoms with Crippen molar-refractivity contribution in [2.24, 2.45) is 7.05 Å². The predicted molar refractivity (Wildman–Crippen MR) is 112 cm³/mol. The van der Waals surface area contributed by atoms with Crippen LogP contribution in [0.2, 0.25) is 0 Å². The molecule has 0 bridgehead atoms. The number of hydrogen-bond donors (Lipinski definition) is 0. The largest absolute Gasteiger partial charge is 0.361 e. The van der Waals surface area contributed by atoms with E-state index in [4.69, 9.17) is 9.51 Å². The summed E-state index contributed by atoms with van der Waals surface area (Å²) < 4.78 is 7.30. The smallest absolute Gasteiger partial charge is 0.225 e. The lowest BCUT2D eigenvalue weighted by molar-refractivity contribution is 0.196. The van der Waals surface area contributed by atoms with Gasteiger partial charge in [-0.3, -0.25) is 9.58 Å². The molecule has 8 heteroatoms. The van der Waals surface area contributed by atoms with Crippen molar-refractivity contribution in [3.63, 3.8) is 0 Å². The molecule has 0 unspecified atom stereocenters. The molecule has 0 amide bonds. The minimum Gasteiger partial charge on any atom is -0.361 e. The van der Waals surface area contributed by atoms with Gasteiger partial charge in [-0.25, -0.2) is 9.97 Å². The van der Waals surface area contributed by atoms with Crippen molar-refractivity contribution in [2.45, 2.75) is 39.2 Å². The van der Waals surface area contributed by atoms with E-state index in [1.807, 2.05) is 57.0 Å². The van der Waals surface area contributed by atoms with Gasteiger partial charge in [-0.2, -0.15) is 5.10 Å². The Morgan fingerprint density at radius 3 is 2.76 bits per heavy atom. The van der Waals surface area contributed by atoms with Crippen molar-refractivity contribution in [2.75, 3.05) is 32.1 Å². The quantitative estimate of drug-likeness (QED) is 0.657. The van der Waals surface area contributed by atoms with Crippen LogP contribution in [-0.4, -0.2) is 57.0 Å². The van der Waals surface area contributed by atoms with Crippen LogP contribution in [0.15, 0.2) is 23.0 Å². The highest BCUT2D eigenvalue weighted by molar-refractivity contribution is 5.70. The fourth-order valence-electron chi connectivity index (χ4n) is 4.17. The molecule has 1 aliphatic rings. The second-order valence-corrected chi connectivity index (χ2v) is 8.12. The first-order chi connectivity index (χ1) is 13.9. The summed E-state index contributed by atoms with van der Waals surface area (Å²) in [6, 6.07) is 2.09. The number of piperidine rings is 1. The van der Waals surface area contributed by atoms with Gasteiger partial charge in [0, 0.05) is 58.1 Å². The molecule has 0 aromatic carbocycles. The summed E-state index contributed by atoms with van der Waals surface area (Å²) in [4.78, 5) is 14.0. The molecule has 1 saturated heterocycles. The Hall–Kier alpha value is -2.74. The molecule has 29 heavy (non-hydrogen) atoms. The Kier molecular flexibility index (Phi) is 5.36. The van der Waals surface area contributed by atoms with E-state index in [1.54, 1.807) is 0 Å². The summed E-state index contributed by atoms with van der Waals surface area (Å²) in [7, 11) is 5.91. The van der Waals surface area contributed by atoms with Crippen molar-refractivity contribution in [1.82, 2.24) is 29.8 Å². The van der Waals surface area contributed by atoms with Crippen LogP contribution in [0.5, 0.6) is 0 Å². The van der Waals surface area contributed by atoms with E-state index in [2.05, 4.69) is 26.2 Å². The molecule has 0 radical (unpaired) electrons. The normalized spacial score (nSPS) is 17.6. The lowest BCUT2D eigenvalue weighted by Crippen LogP contribution is -2.34. The van der Waals surface area contributed by atoms with Gasteiger partial charge in [0.1, 0.15) is 5.76 Å². The molecule has 4 rings (SSSR count). The van der Waals surface area contributed by atoms with Crippen LogP contribution in [-0.2, 0) is 13.6 Å². The Morgan fingerprint density at radius 2 is 2.10 bits per heavy atom. The molecule has 3 aromatic rings. The molecule has 0 aliphatic carbocycles. The van der Waals surface area contributed by atoms with Gasteiger partial charge in [0.25, 0.3) is 0 Å². The maximum absolute atomic E-state index is 5.44. The molecule has 1 atom stereocenters. The zero-order valence-electron chi connectivity index (χ0n) is 17.9. The van der Waals surface area contributed by atoms with Gasteiger partial charge in [-0.1, -0.05) is 5.16 Å². The van der Waals surface area contributed by atoms with Crippen LogP contribution in [0.4, 0.5) is 5.95 Å². The van der Waals surface area contributed by atoms with Crippen molar-refractivity contribution in [3.8, 4) is 11.1 Å². The van der Waals surface area contributed by atoms with Crippen molar-refractivity contribution < 1.29 is 4.52 Å². The average Bonchev–Trinajstić information content (AvgIpc) is 3.26. The van der Waals surface area contributed by atoms with E-state index in [-0.39, 0.29) is 0 Å². The molecular formula is C21H29N7O. The number of aromatic nitrogens is 5. The van der Waals surface area contributed by atoms with Crippen molar-refractivity contribution >= 4 is 5.95 Å². The lowest BCUT2D eigenvalue weighted by atomic mass is 9.89. The molecular weight excluding hydrogens is 366 g/mol. The van der Waals surface area contributed by atoms with Gasteiger partial charge < -0.3 is 9.42 Å². The second kappa shape index (κ2) is 7.94. The fourth-order valence-corrected chi connectivity index (χ4v) is 4.17. The van der Waals surface area contributed by atoms with E-state index in [0.29, 0.717) is 5.92 Å². The Balaban J connectivity index is 1.67. The number of hydrogen-bond acceptors (Lipinski definition) is 7. The van der Waals surface area contributed by atoms with Crippen LogP contribution in [0, 0.1) is 13.8 Å². The van der Waals surface area contributed by atoms with Crippen LogP contribution in [0.25, 0.3) is 11.1 Å². The molecule has 0 spiro atoms. The zero-order valence-corrected chi connectivity index (χ0v) is 17.9. The third-order valence-electron chi connectivity index (χ3n) is 5.55. The highest BCUT2D eigenvalue weighted by Crippen LogP contribution is 2.36. The topological polar surface area (TPSA) is 76.1 Å². The molecule has 8 nitrogen and oxygen atoms in total. The van der Waals surface area contributed by atoms with Gasteiger partial charge in [0.2, 0.25) is 5.95 Å². The van der Waals surface area contributed by atoms with E-state index >= 15 is 0 Å². The highest BCUT2D eigenvalue weighted by atomic mass is 16.5. The maximum atomic E-state index is 5.44. The number of aryl methyl sites for hydroxylation is 3. The van der Waals surface area contributed by atoms with Gasteiger partial charge in [-0.05, 0) is 39.3 Å². The third-order valence-corrected chi connectivity index (χ3v) is 5.55. The molecule has 1 aliphatic heterocycles. The number of likely N-dealkylation sites (tertiary alicyclic amines) is 1. The van der Waals surface area contributed by atoms with Crippen LogP contribution >= 0.6 is 0 Å². The first-order valence-electron chi connectivity index (χ1n) is 10.1. The lowest BCUT2D eigenvalue weighted by Gasteiger charge is -2.33.